The van der Waals surface area contributed by atoms with Crippen LogP contribution in [0.25, 0.3) is 11.0 Å². The molecule has 2 aromatic carbocycles. The number of nitrogens with one attached hydrogen (secondary N) is 3. The lowest BCUT2D eigenvalue weighted by molar-refractivity contribution is -0.384. The second-order valence-electron chi connectivity index (χ2n) is 18.0. The fourth-order valence-electron chi connectivity index (χ4n) is 8.51. The van der Waals surface area contributed by atoms with Crippen molar-refractivity contribution in [3.05, 3.63) is 99.9 Å². The summed E-state index contributed by atoms with van der Waals surface area (Å²) in [5.74, 6) is -0.748. The number of nitrogens with zero attached hydrogens (tertiary/aromatic N) is 5. The molecule has 0 saturated carbocycles. The molecule has 14 nitrogen and oxygen atoms in total. The molecule has 64 heavy (non-hydrogen) atoms. The number of allylic oxidation sites excluding steroid dienone is 2. The van der Waals surface area contributed by atoms with Crippen molar-refractivity contribution in [1.29, 1.82) is 0 Å². The summed E-state index contributed by atoms with van der Waals surface area (Å²) in [6, 6.07) is 11.4. The lowest BCUT2D eigenvalue weighted by Gasteiger charge is -2.39. The third-order valence-corrected chi connectivity index (χ3v) is 13.8. The van der Waals surface area contributed by atoms with E-state index in [-0.39, 0.29) is 54.0 Å². The zero-order valence-electron chi connectivity index (χ0n) is 36.2. The highest BCUT2D eigenvalue weighted by molar-refractivity contribution is 7.90. The van der Waals surface area contributed by atoms with E-state index in [2.05, 4.69) is 45.5 Å². The fraction of sp³-hybridized carbons (Fsp3) is 0.467. The number of fused-ring (bicyclic) bond motifs is 1. The zero-order chi connectivity index (χ0) is 46.0. The third-order valence-electron chi connectivity index (χ3n) is 12.5. The number of anilines is 2. The Morgan fingerprint density at radius 1 is 1.03 bits per heavy atom. The van der Waals surface area contributed by atoms with Gasteiger partial charge in [0.2, 0.25) is 0 Å². The van der Waals surface area contributed by atoms with Crippen LogP contribution >= 0.6 is 0 Å². The first-order valence-electron chi connectivity index (χ1n) is 21.3. The normalized spacial score (nSPS) is 18.5. The molecular weight excluding hydrogens is 857 g/mol. The van der Waals surface area contributed by atoms with Crippen LogP contribution in [-0.4, -0.2) is 110 Å². The van der Waals surface area contributed by atoms with E-state index in [4.69, 9.17) is 4.74 Å². The molecule has 4 aromatic rings. The summed E-state index contributed by atoms with van der Waals surface area (Å²) in [6.07, 6.45) is 0.757. The van der Waals surface area contributed by atoms with Gasteiger partial charge in [-0.1, -0.05) is 31.6 Å². The second-order valence-corrected chi connectivity index (χ2v) is 19.6. The topological polar surface area (TPSA) is 166 Å². The van der Waals surface area contributed by atoms with E-state index < -0.39 is 49.7 Å². The number of ether oxygens (including phenoxy) is 1. The van der Waals surface area contributed by atoms with Gasteiger partial charge in [-0.15, -0.1) is 0 Å². The lowest BCUT2D eigenvalue weighted by atomic mass is 9.72. The Bertz CT molecular complexity index is 2540. The molecule has 344 valence electrons. The van der Waals surface area contributed by atoms with Gasteiger partial charge >= 0.3 is 6.18 Å². The van der Waals surface area contributed by atoms with Crippen LogP contribution in [0.5, 0.6) is 11.5 Å². The van der Waals surface area contributed by atoms with E-state index in [0.717, 1.165) is 41.5 Å². The maximum Gasteiger partial charge on any atom is 0.389 e. The zero-order valence-corrected chi connectivity index (χ0v) is 37.0. The van der Waals surface area contributed by atoms with Crippen LogP contribution < -0.4 is 19.7 Å². The highest BCUT2D eigenvalue weighted by Crippen LogP contribution is 2.43. The van der Waals surface area contributed by atoms with E-state index in [1.54, 1.807) is 30.5 Å². The Kier molecular flexibility index (Phi) is 13.4. The number of alkyl halides is 4. The molecule has 0 atom stereocenters. The van der Waals surface area contributed by atoms with Gasteiger partial charge in [0.05, 0.1) is 21.6 Å². The number of benzene rings is 2. The standard InChI is InChI=1S/C45H54F4N8O6S/c1-30(9-13-45(47,48)49)37-26-43(2,3)12-10-32(37)28-55-19-21-56(22-20-55)33-5-7-36(40(24-33)63-34-23-31-11-16-50-41(31)51-27-34)42(58)53-64(61,62)35-6-8-38(39(25-35)57(59)60)52-29-44(46)14-17-54(4)18-15-44/h5-8,11,16,23-25,27,52H,1,9-10,12-15,17-22,26,28-29H2,2-4H3,(H,50,51)(H,53,58). The van der Waals surface area contributed by atoms with Crippen molar-refractivity contribution in [2.45, 2.75) is 75.5 Å². The molecule has 0 radical (unpaired) electrons. The Labute approximate surface area is 369 Å². The number of halogens is 4. The summed E-state index contributed by atoms with van der Waals surface area (Å²) in [6.45, 7) is 12.3. The van der Waals surface area contributed by atoms with Gasteiger partial charge in [-0.2, -0.15) is 13.2 Å². The Morgan fingerprint density at radius 2 is 1.77 bits per heavy atom. The molecule has 0 unspecified atom stereocenters. The van der Waals surface area contributed by atoms with E-state index in [9.17, 15) is 36.5 Å². The first-order chi connectivity index (χ1) is 30.2. The number of aromatic nitrogens is 2. The van der Waals surface area contributed by atoms with Gasteiger partial charge in [0.25, 0.3) is 21.6 Å². The van der Waals surface area contributed by atoms with E-state index >= 15 is 4.39 Å². The van der Waals surface area contributed by atoms with Crippen LogP contribution in [-0.2, 0) is 10.0 Å². The van der Waals surface area contributed by atoms with Crippen molar-refractivity contribution in [1.82, 2.24) is 24.5 Å². The van der Waals surface area contributed by atoms with Crippen molar-refractivity contribution < 1.29 is 40.4 Å². The van der Waals surface area contributed by atoms with Gasteiger partial charge in [-0.25, -0.2) is 22.5 Å². The molecular formula is C45H54F4N8O6S. The number of sulfonamides is 1. The van der Waals surface area contributed by atoms with Crippen molar-refractivity contribution in [2.75, 3.05) is 69.6 Å². The van der Waals surface area contributed by atoms with Gasteiger partial charge in [-0.3, -0.25) is 19.8 Å². The number of piperazine rings is 1. The molecule has 0 bridgehead atoms. The monoisotopic (exact) mass is 910 g/mol. The molecule has 2 aromatic heterocycles. The number of likely N-dealkylation sites (tertiary alicyclic amines) is 1. The largest absolute Gasteiger partial charge is 0.455 e. The number of H-pyrrole nitrogens is 1. The number of piperidine rings is 1. The quantitative estimate of drug-likeness (QED) is 0.0593. The number of carbonyl (C=O) groups is 1. The number of carbonyl (C=O) groups excluding carboxylic acids is 1. The SMILES string of the molecule is C=C(CCC(F)(F)F)C1=C(CN2CCN(c3ccc(C(=O)NS(=O)(=O)c4ccc(NCC5(F)CCN(C)CC5)c([N+](=O)[O-])c4)c(Oc4cnc5[nH]ccc5c4)c3)CC2)CCC(C)(C)C1. The molecule has 2 fully saturated rings. The number of pyridine rings is 1. The van der Waals surface area contributed by atoms with Crippen molar-refractivity contribution in [2.24, 2.45) is 5.41 Å². The summed E-state index contributed by atoms with van der Waals surface area (Å²) in [5.41, 5.74) is 1.52. The van der Waals surface area contributed by atoms with E-state index in [1.165, 1.54) is 18.3 Å². The van der Waals surface area contributed by atoms with Crippen LogP contribution in [0.4, 0.5) is 34.6 Å². The molecule has 4 heterocycles. The van der Waals surface area contributed by atoms with Gasteiger partial charge < -0.3 is 24.8 Å². The first-order valence-corrected chi connectivity index (χ1v) is 22.8. The van der Waals surface area contributed by atoms with Crippen LogP contribution in [0.1, 0.15) is 69.2 Å². The highest BCUT2D eigenvalue weighted by Gasteiger charge is 2.35. The predicted molar refractivity (Wildman–Crippen MR) is 237 cm³/mol. The number of aromatic amines is 1. The van der Waals surface area contributed by atoms with Gasteiger partial charge in [0.15, 0.2) is 0 Å². The maximum atomic E-state index is 15.4. The number of hydrogen-bond acceptors (Lipinski definition) is 11. The molecule has 1 amide bonds. The summed E-state index contributed by atoms with van der Waals surface area (Å²) in [5, 5.41) is 15.6. The minimum Gasteiger partial charge on any atom is -0.455 e. The maximum absolute atomic E-state index is 15.4. The fourth-order valence-corrected chi connectivity index (χ4v) is 9.49. The molecule has 7 rings (SSSR count). The highest BCUT2D eigenvalue weighted by atomic mass is 32.2. The molecule has 0 spiro atoms. The Morgan fingerprint density at radius 3 is 2.47 bits per heavy atom. The molecule has 3 aliphatic rings. The number of nitro benzene ring substituents is 1. The molecule has 1 aliphatic carbocycles. The molecule has 19 heteroatoms. The first kappa shape index (κ1) is 46.5. The van der Waals surface area contributed by atoms with E-state index in [0.29, 0.717) is 69.1 Å². The molecule has 3 N–H and O–H groups in total. The lowest BCUT2D eigenvalue weighted by Crippen LogP contribution is -2.47. The summed E-state index contributed by atoms with van der Waals surface area (Å²) >= 11 is 0. The van der Waals surface area contributed by atoms with Crippen molar-refractivity contribution in [3.63, 3.8) is 0 Å². The van der Waals surface area contributed by atoms with Crippen LogP contribution in [0.15, 0.2) is 89.1 Å². The van der Waals surface area contributed by atoms with Gasteiger partial charge in [-0.05, 0) is 93.0 Å². The van der Waals surface area contributed by atoms with Crippen LogP contribution in [0.2, 0.25) is 0 Å². The van der Waals surface area contributed by atoms with Crippen molar-refractivity contribution >= 4 is 44.0 Å². The average Bonchev–Trinajstić information content (AvgIpc) is 3.72. The van der Waals surface area contributed by atoms with Crippen LogP contribution in [0, 0.1) is 15.5 Å². The number of amides is 1. The van der Waals surface area contributed by atoms with Gasteiger partial charge in [0.1, 0.15) is 28.5 Å². The average molecular weight is 911 g/mol. The summed E-state index contributed by atoms with van der Waals surface area (Å²) < 4.78 is 90.4. The number of rotatable bonds is 15. The number of nitro groups is 1. The Hall–Kier alpha value is -5.53. The minimum absolute atomic E-state index is 0.0286. The summed E-state index contributed by atoms with van der Waals surface area (Å²) in [7, 11) is -2.79. The minimum atomic E-state index is -4.68. The predicted octanol–water partition coefficient (Wildman–Crippen LogP) is 8.76. The second kappa shape index (κ2) is 18.5. The van der Waals surface area contributed by atoms with Crippen molar-refractivity contribution in [3.8, 4) is 11.5 Å². The molecule has 2 saturated heterocycles. The third kappa shape index (κ3) is 11.4. The van der Waals surface area contributed by atoms with E-state index in [1.807, 2.05) is 16.7 Å². The summed E-state index contributed by atoms with van der Waals surface area (Å²) in [4.78, 5) is 38.4. The van der Waals surface area contributed by atoms with Gasteiger partial charge in [0, 0.05) is 88.2 Å². The smallest absolute Gasteiger partial charge is 0.389 e. The number of hydrogen-bond donors (Lipinski definition) is 3. The Balaban J connectivity index is 1.08. The van der Waals surface area contributed by atoms with Crippen LogP contribution in [0.3, 0.4) is 0 Å². The molecule has 2 aliphatic heterocycles.